The van der Waals surface area contributed by atoms with Crippen LogP contribution in [0.15, 0.2) is 30.3 Å². The molecule has 222 valence electrons. The van der Waals surface area contributed by atoms with Gasteiger partial charge in [0, 0.05) is 25.6 Å². The molecule has 3 rings (SSSR count). The Kier molecular flexibility index (Phi) is 13.9. The monoisotopic (exact) mass is 561 g/mol. The van der Waals surface area contributed by atoms with E-state index in [0.29, 0.717) is 49.5 Å². The molecular formula is C31H45F2N3O4. The largest absolute Gasteiger partial charge is 0.506 e. The molecule has 2 amide bonds. The summed E-state index contributed by atoms with van der Waals surface area (Å²) in [4.78, 5) is 26.7. The molecule has 1 aliphatic heterocycles. The summed E-state index contributed by atoms with van der Waals surface area (Å²) in [6.07, 6.45) is 7.22. The summed E-state index contributed by atoms with van der Waals surface area (Å²) in [6, 6.07) is 7.72. The maximum atomic E-state index is 13.8. The van der Waals surface area contributed by atoms with Crippen LogP contribution in [0.4, 0.5) is 14.5 Å². The third-order valence-corrected chi connectivity index (χ3v) is 7.12. The van der Waals surface area contributed by atoms with Crippen LogP contribution in [0.3, 0.4) is 0 Å². The number of hydrogen-bond donors (Lipinski definition) is 3. The number of anilines is 1. The van der Waals surface area contributed by atoms with Gasteiger partial charge in [0.15, 0.2) is 24.0 Å². The van der Waals surface area contributed by atoms with Crippen LogP contribution in [0.5, 0.6) is 11.5 Å². The van der Waals surface area contributed by atoms with Gasteiger partial charge in [-0.05, 0) is 68.8 Å². The van der Waals surface area contributed by atoms with Gasteiger partial charge in [0.2, 0.25) is 5.91 Å². The molecule has 1 heterocycles. The number of unbranched alkanes of at least 4 members (excludes halogenated alkanes) is 3. The minimum absolute atomic E-state index is 0. The Morgan fingerprint density at radius 3 is 2.67 bits per heavy atom. The van der Waals surface area contributed by atoms with Crippen LogP contribution >= 0.6 is 0 Å². The van der Waals surface area contributed by atoms with Crippen molar-refractivity contribution in [3.63, 3.8) is 0 Å². The van der Waals surface area contributed by atoms with Crippen molar-refractivity contribution in [3.05, 3.63) is 53.1 Å². The number of aryl methyl sites for hydroxylation is 1. The lowest BCUT2D eigenvalue weighted by molar-refractivity contribution is -0.133. The van der Waals surface area contributed by atoms with Gasteiger partial charge in [-0.15, -0.1) is 0 Å². The summed E-state index contributed by atoms with van der Waals surface area (Å²) in [5.41, 5.74) is 1.60. The lowest BCUT2D eigenvalue weighted by Crippen LogP contribution is -2.40. The van der Waals surface area contributed by atoms with E-state index >= 15 is 0 Å². The van der Waals surface area contributed by atoms with E-state index in [-0.39, 0.29) is 37.6 Å². The molecular weight excluding hydrogens is 516 g/mol. The summed E-state index contributed by atoms with van der Waals surface area (Å²) >= 11 is 0. The van der Waals surface area contributed by atoms with Crippen LogP contribution in [-0.4, -0.2) is 54.1 Å². The van der Waals surface area contributed by atoms with Crippen molar-refractivity contribution in [2.75, 3.05) is 31.6 Å². The predicted octanol–water partition coefficient (Wildman–Crippen LogP) is 5.98. The number of phenols is 1. The van der Waals surface area contributed by atoms with Gasteiger partial charge in [0.05, 0.1) is 0 Å². The average molecular weight is 562 g/mol. The molecule has 0 radical (unpaired) electrons. The van der Waals surface area contributed by atoms with E-state index in [1.807, 2.05) is 11.0 Å². The molecule has 0 aromatic heterocycles. The molecule has 7 nitrogen and oxygen atoms in total. The second-order valence-electron chi connectivity index (χ2n) is 10.1. The van der Waals surface area contributed by atoms with Crippen LogP contribution in [-0.2, 0) is 22.4 Å². The van der Waals surface area contributed by atoms with Gasteiger partial charge < -0.3 is 25.4 Å². The predicted molar refractivity (Wildman–Crippen MR) is 155 cm³/mol. The number of nitrogens with zero attached hydrogens (tertiary/aromatic N) is 1. The van der Waals surface area contributed by atoms with Gasteiger partial charge in [-0.3, -0.25) is 9.59 Å². The van der Waals surface area contributed by atoms with Crippen molar-refractivity contribution in [2.24, 2.45) is 0 Å². The Bertz CT molecular complexity index is 1110. The number of carbonyl (C=O) groups is 2. The second-order valence-corrected chi connectivity index (χ2v) is 10.1. The zero-order chi connectivity index (χ0) is 28.2. The second kappa shape index (κ2) is 16.8. The first-order valence-electron chi connectivity index (χ1n) is 14.0. The van der Waals surface area contributed by atoms with Crippen LogP contribution < -0.4 is 15.4 Å². The Morgan fingerprint density at radius 2 is 1.90 bits per heavy atom. The van der Waals surface area contributed by atoms with E-state index in [4.69, 9.17) is 4.74 Å². The quantitative estimate of drug-likeness (QED) is 0.173. The van der Waals surface area contributed by atoms with Crippen molar-refractivity contribution in [2.45, 2.75) is 85.1 Å². The highest BCUT2D eigenvalue weighted by Gasteiger charge is 2.23. The Labute approximate surface area is 237 Å². The highest BCUT2D eigenvalue weighted by Crippen LogP contribution is 2.39. The fourth-order valence-electron chi connectivity index (χ4n) is 4.86. The van der Waals surface area contributed by atoms with Crippen LogP contribution in [0.2, 0.25) is 0 Å². The molecule has 0 saturated carbocycles. The van der Waals surface area contributed by atoms with E-state index in [1.165, 1.54) is 6.07 Å². The summed E-state index contributed by atoms with van der Waals surface area (Å²) in [5.74, 6) is -1.31. The average Bonchev–Trinajstić information content (AvgIpc) is 2.92. The smallest absolute Gasteiger partial charge is 0.262 e. The van der Waals surface area contributed by atoms with Crippen LogP contribution in [0.1, 0.15) is 77.3 Å². The zero-order valence-electron chi connectivity index (χ0n) is 23.0. The minimum atomic E-state index is -0.844. The van der Waals surface area contributed by atoms with Gasteiger partial charge in [-0.2, -0.15) is 0 Å². The van der Waals surface area contributed by atoms with Crippen LogP contribution in [0.25, 0.3) is 0 Å². The minimum Gasteiger partial charge on any atom is -0.506 e. The molecule has 1 atom stereocenters. The number of benzene rings is 2. The molecule has 0 bridgehead atoms. The Morgan fingerprint density at radius 1 is 1.10 bits per heavy atom. The number of hydrogen-bond acceptors (Lipinski definition) is 5. The van der Waals surface area contributed by atoms with Gasteiger partial charge in [-0.25, -0.2) is 8.78 Å². The first-order valence-corrected chi connectivity index (χ1v) is 14.0. The van der Waals surface area contributed by atoms with E-state index in [2.05, 4.69) is 24.5 Å². The fraction of sp³-hybridized carbons (Fsp3) is 0.548. The van der Waals surface area contributed by atoms with Gasteiger partial charge in [-0.1, -0.05) is 51.8 Å². The van der Waals surface area contributed by atoms with E-state index < -0.39 is 11.6 Å². The number of rotatable bonds is 16. The SMILES string of the molecule is C.CCCC[C@@H](C)N(CCCCCc1ccc(O)c2c1OCC(=O)N2)C(=O)CCNCCc1cccc(F)c1F. The maximum Gasteiger partial charge on any atom is 0.262 e. The summed E-state index contributed by atoms with van der Waals surface area (Å²) in [7, 11) is 0. The summed E-state index contributed by atoms with van der Waals surface area (Å²) < 4.78 is 32.8. The lowest BCUT2D eigenvalue weighted by atomic mass is 10.0. The molecule has 0 fully saturated rings. The molecule has 0 spiro atoms. The Hall–Kier alpha value is -3.20. The molecule has 0 saturated heterocycles. The molecule has 1 aliphatic rings. The van der Waals surface area contributed by atoms with Crippen molar-refractivity contribution in [1.82, 2.24) is 10.2 Å². The number of fused-ring (bicyclic) bond motifs is 1. The van der Waals surface area contributed by atoms with E-state index in [0.717, 1.165) is 56.6 Å². The molecule has 2 aromatic carbocycles. The van der Waals surface area contributed by atoms with E-state index in [1.54, 1.807) is 12.1 Å². The number of ether oxygens (including phenoxy) is 1. The number of carbonyl (C=O) groups excluding carboxylic acids is 2. The first kappa shape index (κ1) is 33.0. The third-order valence-electron chi connectivity index (χ3n) is 7.12. The summed E-state index contributed by atoms with van der Waals surface area (Å²) in [6.45, 7) is 5.80. The molecule has 0 unspecified atom stereocenters. The number of aromatic hydroxyl groups is 1. The van der Waals surface area contributed by atoms with Crippen molar-refractivity contribution < 1.29 is 28.2 Å². The number of halogens is 2. The molecule has 3 N–H and O–H groups in total. The number of phenolic OH excluding ortho intramolecular Hbond substituents is 1. The fourth-order valence-corrected chi connectivity index (χ4v) is 4.86. The zero-order valence-corrected chi connectivity index (χ0v) is 23.0. The van der Waals surface area contributed by atoms with Gasteiger partial charge >= 0.3 is 0 Å². The van der Waals surface area contributed by atoms with Gasteiger partial charge in [0.1, 0.15) is 11.4 Å². The van der Waals surface area contributed by atoms with Crippen molar-refractivity contribution >= 4 is 17.5 Å². The third kappa shape index (κ3) is 9.47. The highest BCUT2D eigenvalue weighted by atomic mass is 19.2. The van der Waals surface area contributed by atoms with E-state index in [9.17, 15) is 23.5 Å². The Balaban J connectivity index is 0.00000560. The van der Waals surface area contributed by atoms with Crippen LogP contribution in [0, 0.1) is 11.6 Å². The normalized spacial score (nSPS) is 13.1. The van der Waals surface area contributed by atoms with Crippen molar-refractivity contribution in [1.29, 1.82) is 0 Å². The lowest BCUT2D eigenvalue weighted by Gasteiger charge is -2.30. The summed E-state index contributed by atoms with van der Waals surface area (Å²) in [5, 5.41) is 15.9. The highest BCUT2D eigenvalue weighted by molar-refractivity contribution is 5.97. The first-order chi connectivity index (χ1) is 18.8. The molecule has 2 aromatic rings. The molecule has 9 heteroatoms. The van der Waals surface area contributed by atoms with Gasteiger partial charge in [0.25, 0.3) is 5.91 Å². The topological polar surface area (TPSA) is 90.9 Å². The standard InChI is InChI=1S/C30H41F2N3O4.CH4/c1-3-4-9-21(2)35(27(38)16-18-33-17-15-22-11-8-12-24(31)28(22)32)19-7-5-6-10-23-13-14-25(36)29-30(23)39-20-26(37)34-29;/h8,11-14,21,33,36H,3-7,9-10,15-20H2,1-2H3,(H,34,37);1H4/t21-;/m1./s1. The maximum absolute atomic E-state index is 13.8. The number of nitrogens with one attached hydrogen (secondary N) is 2. The van der Waals surface area contributed by atoms with Crippen molar-refractivity contribution in [3.8, 4) is 11.5 Å². The molecule has 0 aliphatic carbocycles. The number of amides is 2. The molecule has 40 heavy (non-hydrogen) atoms.